The number of anilines is 2. The molecule has 1 saturated carbocycles. The van der Waals surface area contributed by atoms with Crippen LogP contribution in [0.4, 0.5) is 10.9 Å². The molecular weight excluding hydrogens is 304 g/mol. The second kappa shape index (κ2) is 7.35. The van der Waals surface area contributed by atoms with Crippen molar-refractivity contribution in [3.8, 4) is 0 Å². The number of carbonyl (C=O) groups is 1. The van der Waals surface area contributed by atoms with Gasteiger partial charge in [0.25, 0.3) is 5.91 Å². The summed E-state index contributed by atoms with van der Waals surface area (Å²) in [7, 11) is 1.85. The van der Waals surface area contributed by atoms with E-state index in [-0.39, 0.29) is 11.9 Å². The summed E-state index contributed by atoms with van der Waals surface area (Å²) in [5.74, 6) is 1.26. The third-order valence-corrected chi connectivity index (χ3v) is 5.69. The first-order valence-corrected chi connectivity index (χ1v) is 9.56. The van der Waals surface area contributed by atoms with Gasteiger partial charge in [0.1, 0.15) is 10.7 Å². The van der Waals surface area contributed by atoms with Crippen LogP contribution in [0.5, 0.6) is 0 Å². The number of nitrogens with zero attached hydrogens (tertiary/aromatic N) is 2. The second-order valence-corrected chi connectivity index (χ2v) is 7.35. The van der Waals surface area contributed by atoms with Crippen LogP contribution in [-0.2, 0) is 0 Å². The third kappa shape index (κ3) is 3.83. The molecule has 1 aliphatic carbocycles. The number of thiazole rings is 1. The van der Waals surface area contributed by atoms with E-state index in [4.69, 9.17) is 5.73 Å². The first-order valence-electron chi connectivity index (χ1n) is 7.35. The summed E-state index contributed by atoms with van der Waals surface area (Å²) in [6, 6.07) is 0.730. The molecule has 1 aromatic rings. The Labute approximate surface area is 134 Å². The standard InChI is InChI=1S/C14H24N4OS2/c1-4-10(8-20-3)18(2)13(19)11-12(15)17-14(21-11)16-9-6-5-7-9/h9-10H,4-8,15H2,1-3H3,(H,16,17). The number of hydrogen-bond acceptors (Lipinski definition) is 6. The fourth-order valence-electron chi connectivity index (χ4n) is 2.30. The van der Waals surface area contributed by atoms with E-state index in [1.807, 2.05) is 7.05 Å². The average molecular weight is 329 g/mol. The van der Waals surface area contributed by atoms with E-state index in [9.17, 15) is 4.79 Å². The summed E-state index contributed by atoms with van der Waals surface area (Å²) in [5, 5.41) is 4.12. The van der Waals surface area contributed by atoms with Crippen LogP contribution in [0.25, 0.3) is 0 Å². The normalized spacial score (nSPS) is 16.3. The van der Waals surface area contributed by atoms with Gasteiger partial charge < -0.3 is 16.0 Å². The average Bonchev–Trinajstić information content (AvgIpc) is 2.79. The van der Waals surface area contributed by atoms with Gasteiger partial charge in [-0.25, -0.2) is 4.98 Å². The minimum Gasteiger partial charge on any atom is -0.382 e. The summed E-state index contributed by atoms with van der Waals surface area (Å²) in [4.78, 5) is 19.3. The Morgan fingerprint density at radius 2 is 2.33 bits per heavy atom. The summed E-state index contributed by atoms with van der Waals surface area (Å²) < 4.78 is 0. The maximum Gasteiger partial charge on any atom is 0.267 e. The molecule has 0 saturated heterocycles. The number of nitrogens with one attached hydrogen (secondary N) is 1. The molecular formula is C14H24N4OS2. The van der Waals surface area contributed by atoms with Crippen molar-refractivity contribution in [3.63, 3.8) is 0 Å². The lowest BCUT2D eigenvalue weighted by Crippen LogP contribution is -2.38. The predicted octanol–water partition coefficient (Wildman–Crippen LogP) is 2.90. The minimum atomic E-state index is -0.0208. The second-order valence-electron chi connectivity index (χ2n) is 5.44. The first kappa shape index (κ1) is 16.4. The van der Waals surface area contributed by atoms with Gasteiger partial charge in [-0.1, -0.05) is 18.3 Å². The topological polar surface area (TPSA) is 71.2 Å². The molecule has 118 valence electrons. The molecule has 0 spiro atoms. The van der Waals surface area contributed by atoms with Crippen LogP contribution in [0.2, 0.25) is 0 Å². The quantitative estimate of drug-likeness (QED) is 0.805. The van der Waals surface area contributed by atoms with Gasteiger partial charge in [-0.15, -0.1) is 0 Å². The smallest absolute Gasteiger partial charge is 0.267 e. The van der Waals surface area contributed by atoms with Gasteiger partial charge in [0.05, 0.1) is 0 Å². The summed E-state index contributed by atoms with van der Waals surface area (Å²) >= 11 is 3.13. The monoisotopic (exact) mass is 328 g/mol. The van der Waals surface area contributed by atoms with Crippen LogP contribution >= 0.6 is 23.1 Å². The summed E-state index contributed by atoms with van der Waals surface area (Å²) in [6.45, 7) is 2.10. The largest absolute Gasteiger partial charge is 0.382 e. The molecule has 21 heavy (non-hydrogen) atoms. The van der Waals surface area contributed by atoms with E-state index < -0.39 is 0 Å². The van der Waals surface area contributed by atoms with Crippen molar-refractivity contribution < 1.29 is 4.79 Å². The van der Waals surface area contributed by atoms with Crippen molar-refractivity contribution in [1.82, 2.24) is 9.88 Å². The van der Waals surface area contributed by atoms with Crippen molar-refractivity contribution in [3.05, 3.63) is 4.88 Å². The van der Waals surface area contributed by atoms with Crippen LogP contribution in [-0.4, -0.2) is 46.9 Å². The molecule has 5 nitrogen and oxygen atoms in total. The molecule has 7 heteroatoms. The number of amides is 1. The predicted molar refractivity (Wildman–Crippen MR) is 92.3 cm³/mol. The first-order chi connectivity index (χ1) is 10.1. The van der Waals surface area contributed by atoms with Gasteiger partial charge in [-0.05, 0) is 31.9 Å². The molecule has 0 radical (unpaired) electrons. The van der Waals surface area contributed by atoms with Gasteiger partial charge in [-0.2, -0.15) is 11.8 Å². The highest BCUT2D eigenvalue weighted by molar-refractivity contribution is 7.98. The number of rotatable bonds is 7. The van der Waals surface area contributed by atoms with Gasteiger partial charge in [-0.3, -0.25) is 4.79 Å². The maximum atomic E-state index is 12.6. The van der Waals surface area contributed by atoms with Crippen LogP contribution < -0.4 is 11.1 Å². The number of carbonyl (C=O) groups excluding carboxylic acids is 1. The van der Waals surface area contributed by atoms with Crippen LogP contribution in [0, 0.1) is 0 Å². The minimum absolute atomic E-state index is 0.0208. The number of thioether (sulfide) groups is 1. The Kier molecular flexibility index (Phi) is 5.75. The lowest BCUT2D eigenvalue weighted by atomic mass is 9.93. The number of nitrogens with two attached hydrogens (primary N) is 1. The van der Waals surface area contributed by atoms with Crippen molar-refractivity contribution in [1.29, 1.82) is 0 Å². The van der Waals surface area contributed by atoms with Crippen molar-refractivity contribution in [2.45, 2.75) is 44.7 Å². The highest BCUT2D eigenvalue weighted by atomic mass is 32.2. The molecule has 2 rings (SSSR count). The Morgan fingerprint density at radius 1 is 1.62 bits per heavy atom. The van der Waals surface area contributed by atoms with E-state index in [1.165, 1.54) is 30.6 Å². The van der Waals surface area contributed by atoms with E-state index in [0.29, 0.717) is 16.7 Å². The van der Waals surface area contributed by atoms with Gasteiger partial charge in [0, 0.05) is 24.9 Å². The number of nitrogen functional groups attached to an aromatic ring is 1. The van der Waals surface area contributed by atoms with E-state index >= 15 is 0 Å². The van der Waals surface area contributed by atoms with Gasteiger partial charge in [0.2, 0.25) is 0 Å². The zero-order valence-corrected chi connectivity index (χ0v) is 14.5. The van der Waals surface area contributed by atoms with Crippen molar-refractivity contribution in [2.24, 2.45) is 0 Å². The lowest BCUT2D eigenvalue weighted by Gasteiger charge is -2.26. The molecule has 3 N–H and O–H groups in total. The highest BCUT2D eigenvalue weighted by Crippen LogP contribution is 2.30. The fraction of sp³-hybridized carbons (Fsp3) is 0.714. The Morgan fingerprint density at radius 3 is 2.86 bits per heavy atom. The SMILES string of the molecule is CCC(CSC)N(C)C(=O)c1sc(NC2CCC2)nc1N. The van der Waals surface area contributed by atoms with Crippen LogP contribution in [0.15, 0.2) is 0 Å². The van der Waals surface area contributed by atoms with Crippen LogP contribution in [0.1, 0.15) is 42.3 Å². The summed E-state index contributed by atoms with van der Waals surface area (Å²) in [5.41, 5.74) is 5.94. The van der Waals surface area contributed by atoms with Crippen molar-refractivity contribution in [2.75, 3.05) is 30.1 Å². The van der Waals surface area contributed by atoms with E-state index in [2.05, 4.69) is 23.5 Å². The molecule has 0 aliphatic heterocycles. The molecule has 0 bridgehead atoms. The zero-order valence-electron chi connectivity index (χ0n) is 12.9. The molecule has 1 amide bonds. The molecule has 0 aromatic carbocycles. The number of aromatic nitrogens is 1. The molecule has 1 heterocycles. The third-order valence-electron chi connectivity index (χ3n) is 3.98. The van der Waals surface area contributed by atoms with E-state index in [0.717, 1.165) is 17.3 Å². The fourth-order valence-corrected chi connectivity index (χ4v) is 4.08. The number of hydrogen-bond donors (Lipinski definition) is 2. The molecule has 1 unspecified atom stereocenters. The Hall–Kier alpha value is -0.950. The molecule has 1 aromatic heterocycles. The van der Waals surface area contributed by atoms with Crippen molar-refractivity contribution >= 4 is 40.0 Å². The van der Waals surface area contributed by atoms with Gasteiger partial charge >= 0.3 is 0 Å². The Balaban J connectivity index is 2.06. The van der Waals surface area contributed by atoms with Crippen LogP contribution in [0.3, 0.4) is 0 Å². The lowest BCUT2D eigenvalue weighted by molar-refractivity contribution is 0.0749. The van der Waals surface area contributed by atoms with E-state index in [1.54, 1.807) is 16.7 Å². The maximum absolute atomic E-state index is 12.6. The zero-order chi connectivity index (χ0) is 15.4. The Bertz CT molecular complexity index is 487. The summed E-state index contributed by atoms with van der Waals surface area (Å²) in [6.07, 6.45) is 6.61. The molecule has 1 fully saturated rings. The van der Waals surface area contributed by atoms with Gasteiger partial charge in [0.15, 0.2) is 5.13 Å². The molecule has 1 aliphatic rings. The molecule has 1 atom stereocenters. The highest BCUT2D eigenvalue weighted by Gasteiger charge is 2.25.